The number of nitrogens with zero attached hydrogens (tertiary/aromatic N) is 3. The lowest BCUT2D eigenvalue weighted by molar-refractivity contribution is -0.121. The second kappa shape index (κ2) is 8.16. The van der Waals surface area contributed by atoms with Gasteiger partial charge in [-0.1, -0.05) is 42.1 Å². The Labute approximate surface area is 173 Å². The maximum absolute atomic E-state index is 13.3. The van der Waals surface area contributed by atoms with E-state index >= 15 is 0 Å². The number of thioether (sulfide) groups is 1. The molecule has 1 aliphatic rings. The van der Waals surface area contributed by atoms with Gasteiger partial charge >= 0.3 is 0 Å². The topological polar surface area (TPSA) is 81.1 Å². The van der Waals surface area contributed by atoms with Crippen LogP contribution in [0.1, 0.15) is 18.5 Å². The molecule has 150 valence electrons. The highest BCUT2D eigenvalue weighted by molar-refractivity contribution is 7.98. The Morgan fingerprint density at radius 2 is 1.90 bits per heavy atom. The third kappa shape index (κ3) is 3.80. The van der Waals surface area contributed by atoms with Crippen molar-refractivity contribution in [1.29, 1.82) is 0 Å². The maximum atomic E-state index is 13.3. The average molecular weight is 410 g/mol. The van der Waals surface area contributed by atoms with E-state index in [1.165, 1.54) is 11.8 Å². The van der Waals surface area contributed by atoms with Crippen LogP contribution in [-0.4, -0.2) is 40.1 Å². The van der Waals surface area contributed by atoms with Gasteiger partial charge in [-0.15, -0.1) is 5.10 Å². The van der Waals surface area contributed by atoms with Crippen molar-refractivity contribution < 1.29 is 9.53 Å². The number of rotatable bonds is 5. The predicted octanol–water partition coefficient (Wildman–Crippen LogP) is 3.67. The molecule has 0 saturated carbocycles. The van der Waals surface area contributed by atoms with Gasteiger partial charge < -0.3 is 15.4 Å². The van der Waals surface area contributed by atoms with E-state index in [2.05, 4.69) is 20.7 Å². The summed E-state index contributed by atoms with van der Waals surface area (Å²) in [5.74, 6) is 0.993. The quantitative estimate of drug-likeness (QED) is 0.626. The number of fused-ring (bicyclic) bond motifs is 1. The number of benzene rings is 2. The van der Waals surface area contributed by atoms with Crippen LogP contribution in [0.2, 0.25) is 0 Å². The number of ether oxygens (including phenoxy) is 1. The first kappa shape index (κ1) is 19.3. The van der Waals surface area contributed by atoms with Gasteiger partial charge in [0.2, 0.25) is 17.0 Å². The highest BCUT2D eigenvalue weighted by atomic mass is 32.2. The minimum Gasteiger partial charge on any atom is -0.497 e. The molecule has 2 N–H and O–H groups in total. The van der Waals surface area contributed by atoms with Crippen LogP contribution in [-0.2, 0) is 4.79 Å². The van der Waals surface area contributed by atoms with E-state index in [0.29, 0.717) is 11.1 Å². The zero-order chi connectivity index (χ0) is 20.4. The van der Waals surface area contributed by atoms with Crippen LogP contribution in [0.4, 0.5) is 11.6 Å². The second-order valence-corrected chi connectivity index (χ2v) is 7.67. The molecule has 4 rings (SSSR count). The Bertz CT molecular complexity index is 990. The fourth-order valence-corrected chi connectivity index (χ4v) is 4.02. The largest absolute Gasteiger partial charge is 0.497 e. The van der Waals surface area contributed by atoms with Gasteiger partial charge in [0.1, 0.15) is 5.75 Å². The highest BCUT2D eigenvalue weighted by Crippen LogP contribution is 2.38. The number of hydrogen-bond acceptors (Lipinski definition) is 6. The molecule has 2 aromatic carbocycles. The molecule has 8 heteroatoms. The Morgan fingerprint density at radius 1 is 1.17 bits per heavy atom. The number of amides is 1. The van der Waals surface area contributed by atoms with E-state index in [0.717, 1.165) is 17.0 Å². The number of anilines is 2. The van der Waals surface area contributed by atoms with E-state index in [4.69, 9.17) is 4.74 Å². The number of carbonyl (C=O) groups excluding carboxylic acids is 1. The molecule has 0 unspecified atom stereocenters. The molecule has 0 bridgehead atoms. The molecule has 2 heterocycles. The minimum absolute atomic E-state index is 0.0659. The van der Waals surface area contributed by atoms with Crippen LogP contribution in [0.15, 0.2) is 59.8 Å². The minimum atomic E-state index is -0.382. The highest BCUT2D eigenvalue weighted by Gasteiger charge is 2.42. The molecule has 0 fully saturated rings. The van der Waals surface area contributed by atoms with Crippen LogP contribution in [0, 0.1) is 5.92 Å². The summed E-state index contributed by atoms with van der Waals surface area (Å²) in [5, 5.41) is 11.7. The number of methoxy groups -OCH3 is 1. The summed E-state index contributed by atoms with van der Waals surface area (Å²) in [5.41, 5.74) is 1.75. The molecular weight excluding hydrogens is 386 g/mol. The van der Waals surface area contributed by atoms with Gasteiger partial charge in [-0.25, -0.2) is 4.68 Å². The van der Waals surface area contributed by atoms with Crippen LogP contribution in [0.5, 0.6) is 5.75 Å². The van der Waals surface area contributed by atoms with Gasteiger partial charge in [-0.3, -0.25) is 4.79 Å². The lowest BCUT2D eigenvalue weighted by Gasteiger charge is -2.36. The average Bonchev–Trinajstić information content (AvgIpc) is 3.16. The summed E-state index contributed by atoms with van der Waals surface area (Å²) >= 11 is 1.48. The normalized spacial score (nSPS) is 20.4. The first-order chi connectivity index (χ1) is 14.1. The molecule has 29 heavy (non-hydrogen) atoms. The lowest BCUT2D eigenvalue weighted by Crippen LogP contribution is -2.46. The predicted molar refractivity (Wildman–Crippen MR) is 115 cm³/mol. The Balaban J connectivity index is 1.75. The van der Waals surface area contributed by atoms with Gasteiger partial charge in [0.15, 0.2) is 0 Å². The van der Waals surface area contributed by atoms with Crippen LogP contribution >= 0.6 is 11.8 Å². The SMILES string of the molecule is COc1ccc([C@@H]2[C@H](C(=O)Nc3ccccc3)[C@H](C)Nc3nc(SC)nn32)cc1. The van der Waals surface area contributed by atoms with E-state index in [-0.39, 0.29) is 23.9 Å². The molecule has 3 aromatic rings. The van der Waals surface area contributed by atoms with Crippen LogP contribution < -0.4 is 15.4 Å². The standard InChI is InChI=1S/C21H23N5O2S/c1-13-17(19(27)23-15-7-5-4-6-8-15)18(14-9-11-16(28-2)12-10-14)26-20(22-13)24-21(25-26)29-3/h4-13,17-18H,1-3H3,(H,23,27)(H,22,24,25)/t13-,17+,18+/m0/s1. The smallest absolute Gasteiger partial charge is 0.232 e. The molecule has 1 amide bonds. The third-order valence-corrected chi connectivity index (χ3v) is 5.63. The van der Waals surface area contributed by atoms with Crippen molar-refractivity contribution in [3.8, 4) is 5.75 Å². The molecule has 3 atom stereocenters. The Morgan fingerprint density at radius 3 is 2.55 bits per heavy atom. The number of nitrogens with one attached hydrogen (secondary N) is 2. The number of aromatic nitrogens is 3. The van der Waals surface area contributed by atoms with E-state index in [9.17, 15) is 4.79 Å². The molecule has 0 aliphatic carbocycles. The van der Waals surface area contributed by atoms with Crippen molar-refractivity contribution in [2.75, 3.05) is 24.0 Å². The van der Waals surface area contributed by atoms with Gasteiger partial charge in [0.25, 0.3) is 0 Å². The monoisotopic (exact) mass is 409 g/mol. The summed E-state index contributed by atoms with van der Waals surface area (Å²) in [7, 11) is 1.64. The molecule has 7 nitrogen and oxygen atoms in total. The van der Waals surface area contributed by atoms with E-state index < -0.39 is 0 Å². The molecule has 1 aliphatic heterocycles. The van der Waals surface area contributed by atoms with Crippen molar-refractivity contribution in [2.24, 2.45) is 5.92 Å². The third-order valence-electron chi connectivity index (χ3n) is 5.09. The van der Waals surface area contributed by atoms with Crippen molar-refractivity contribution in [3.05, 3.63) is 60.2 Å². The van der Waals surface area contributed by atoms with Crippen LogP contribution in [0.3, 0.4) is 0 Å². The first-order valence-corrected chi connectivity index (χ1v) is 10.6. The molecule has 0 spiro atoms. The van der Waals surface area contributed by atoms with Gasteiger partial charge in [0.05, 0.1) is 19.1 Å². The van der Waals surface area contributed by atoms with E-state index in [1.807, 2.05) is 72.5 Å². The van der Waals surface area contributed by atoms with Crippen LogP contribution in [0.25, 0.3) is 0 Å². The maximum Gasteiger partial charge on any atom is 0.232 e. The molecule has 1 aromatic heterocycles. The molecular formula is C21H23N5O2S. The summed E-state index contributed by atoms with van der Waals surface area (Å²) in [6, 6.07) is 16.8. The second-order valence-electron chi connectivity index (χ2n) is 6.90. The zero-order valence-corrected chi connectivity index (χ0v) is 17.3. The zero-order valence-electron chi connectivity index (χ0n) is 16.5. The fourth-order valence-electron chi connectivity index (χ4n) is 3.67. The van der Waals surface area contributed by atoms with Crippen molar-refractivity contribution in [3.63, 3.8) is 0 Å². The lowest BCUT2D eigenvalue weighted by atomic mass is 9.85. The summed E-state index contributed by atoms with van der Waals surface area (Å²) in [6.07, 6.45) is 1.94. The number of para-hydroxylation sites is 1. The first-order valence-electron chi connectivity index (χ1n) is 9.37. The van der Waals surface area contributed by atoms with Crippen molar-refractivity contribution >= 4 is 29.3 Å². The Kier molecular flexibility index (Phi) is 5.44. The van der Waals surface area contributed by atoms with Gasteiger partial charge in [-0.05, 0) is 43.0 Å². The fraction of sp³-hybridized carbons (Fsp3) is 0.286. The Hall–Kier alpha value is -3.00. The molecule has 0 radical (unpaired) electrons. The van der Waals surface area contributed by atoms with Crippen molar-refractivity contribution in [2.45, 2.75) is 24.2 Å². The number of hydrogen-bond donors (Lipinski definition) is 2. The van der Waals surface area contributed by atoms with Crippen molar-refractivity contribution in [1.82, 2.24) is 14.8 Å². The molecule has 0 saturated heterocycles. The number of carbonyl (C=O) groups is 1. The van der Waals surface area contributed by atoms with E-state index in [1.54, 1.807) is 7.11 Å². The summed E-state index contributed by atoms with van der Waals surface area (Å²) in [4.78, 5) is 17.9. The van der Waals surface area contributed by atoms with Gasteiger partial charge in [0, 0.05) is 11.7 Å². The summed E-state index contributed by atoms with van der Waals surface area (Å²) < 4.78 is 7.11. The van der Waals surface area contributed by atoms with Gasteiger partial charge in [-0.2, -0.15) is 4.98 Å². The summed E-state index contributed by atoms with van der Waals surface area (Å²) in [6.45, 7) is 2.00.